The number of anilines is 1. The van der Waals surface area contributed by atoms with Crippen LogP contribution in [0.25, 0.3) is 5.69 Å². The number of halogens is 1. The molecule has 0 amide bonds. The number of benzene rings is 2. The molecule has 2 aromatic heterocycles. The Balaban J connectivity index is 1.69. The van der Waals surface area contributed by atoms with Gasteiger partial charge >= 0.3 is 0 Å². The predicted molar refractivity (Wildman–Crippen MR) is 133 cm³/mol. The molecule has 1 aliphatic heterocycles. The van der Waals surface area contributed by atoms with Gasteiger partial charge in [0.15, 0.2) is 5.11 Å². The Morgan fingerprint density at radius 3 is 2.59 bits per heavy atom. The number of aromatic nitrogens is 2. The van der Waals surface area contributed by atoms with E-state index in [-0.39, 0.29) is 17.9 Å². The van der Waals surface area contributed by atoms with Gasteiger partial charge in [0.25, 0.3) is 0 Å². The van der Waals surface area contributed by atoms with Crippen LogP contribution in [0.5, 0.6) is 11.5 Å². The summed E-state index contributed by atoms with van der Waals surface area (Å²) in [6, 6.07) is 21.4. The van der Waals surface area contributed by atoms with Crippen LogP contribution >= 0.6 is 12.2 Å². The van der Waals surface area contributed by atoms with Crippen LogP contribution in [0, 0.1) is 5.82 Å². The molecule has 0 spiro atoms. The van der Waals surface area contributed by atoms with E-state index in [1.165, 1.54) is 12.1 Å². The highest BCUT2D eigenvalue weighted by Crippen LogP contribution is 2.45. The first-order chi connectivity index (χ1) is 16.6. The van der Waals surface area contributed by atoms with Crippen LogP contribution in [-0.4, -0.2) is 28.9 Å². The van der Waals surface area contributed by atoms with Crippen LogP contribution in [0.4, 0.5) is 10.1 Å². The van der Waals surface area contributed by atoms with E-state index in [9.17, 15) is 4.39 Å². The quantitative estimate of drug-likeness (QED) is 0.388. The molecule has 172 valence electrons. The monoisotopic (exact) mass is 474 g/mol. The average Bonchev–Trinajstić information content (AvgIpc) is 3.48. The second-order valence-corrected chi connectivity index (χ2v) is 8.20. The second-order valence-electron chi connectivity index (χ2n) is 7.82. The Bertz CT molecular complexity index is 1330. The van der Waals surface area contributed by atoms with E-state index in [4.69, 9.17) is 21.7 Å². The number of hydrogen-bond acceptors (Lipinski definition) is 4. The average molecular weight is 475 g/mol. The highest BCUT2D eigenvalue weighted by atomic mass is 32.1. The normalized spacial score (nSPS) is 17.5. The topological polar surface area (TPSA) is 51.5 Å². The maximum absolute atomic E-state index is 14.1. The Kier molecular flexibility index (Phi) is 5.90. The fourth-order valence-electron chi connectivity index (χ4n) is 4.39. The molecule has 1 saturated heterocycles. The van der Waals surface area contributed by atoms with Crippen molar-refractivity contribution in [3.05, 3.63) is 102 Å². The number of thiocarbonyl (C=S) groups is 1. The van der Waals surface area contributed by atoms with Gasteiger partial charge < -0.3 is 24.3 Å². The van der Waals surface area contributed by atoms with Crippen molar-refractivity contribution in [1.29, 1.82) is 0 Å². The smallest absolute Gasteiger partial charge is 0.174 e. The Morgan fingerprint density at radius 1 is 0.971 bits per heavy atom. The summed E-state index contributed by atoms with van der Waals surface area (Å²) in [6.45, 7) is 0. The highest BCUT2D eigenvalue weighted by molar-refractivity contribution is 7.80. The summed E-state index contributed by atoms with van der Waals surface area (Å²) in [6.07, 6.45) is 3.68. The van der Waals surface area contributed by atoms with E-state index in [0.29, 0.717) is 16.6 Å². The Labute approximate surface area is 202 Å². The molecule has 1 aliphatic rings. The molecule has 0 saturated carbocycles. The maximum Gasteiger partial charge on any atom is 0.174 e. The minimum atomic E-state index is -0.299. The second kappa shape index (κ2) is 9.15. The van der Waals surface area contributed by atoms with Crippen molar-refractivity contribution in [1.82, 2.24) is 14.9 Å². The van der Waals surface area contributed by atoms with Crippen LogP contribution < -0.4 is 19.7 Å². The highest BCUT2D eigenvalue weighted by Gasteiger charge is 2.43. The number of nitrogens with one attached hydrogen (secondary N) is 1. The van der Waals surface area contributed by atoms with Crippen molar-refractivity contribution in [3.63, 3.8) is 0 Å². The van der Waals surface area contributed by atoms with Crippen LogP contribution in [0.1, 0.15) is 23.5 Å². The third-order valence-corrected chi connectivity index (χ3v) is 6.23. The minimum absolute atomic E-state index is 0.247. The van der Waals surface area contributed by atoms with Gasteiger partial charge in [-0.3, -0.25) is 4.98 Å². The van der Waals surface area contributed by atoms with Crippen LogP contribution in [0.15, 0.2) is 85.2 Å². The van der Waals surface area contributed by atoms with Gasteiger partial charge in [-0.25, -0.2) is 4.39 Å². The van der Waals surface area contributed by atoms with E-state index in [1.807, 2.05) is 70.3 Å². The first-order valence-electron chi connectivity index (χ1n) is 10.8. The summed E-state index contributed by atoms with van der Waals surface area (Å²) in [7, 11) is 3.23. The van der Waals surface area contributed by atoms with Gasteiger partial charge in [-0.1, -0.05) is 12.1 Å². The first kappa shape index (κ1) is 21.9. The van der Waals surface area contributed by atoms with Gasteiger partial charge in [-0.2, -0.15) is 0 Å². The standard InChI is InChI=1S/C26H23FN4O2S/c1-32-19-11-12-21(23(16-19)33-2)31-25(24(29-26(31)34)20-9-3-4-13-28-20)22-10-6-14-30(22)18-8-5-7-17(27)15-18/h3-16,24-25H,1-2H3,(H,29,34). The summed E-state index contributed by atoms with van der Waals surface area (Å²) in [5.74, 6) is 1.01. The van der Waals surface area contributed by atoms with Crippen molar-refractivity contribution in [2.45, 2.75) is 12.1 Å². The van der Waals surface area contributed by atoms with Crippen molar-refractivity contribution >= 4 is 23.0 Å². The zero-order valence-corrected chi connectivity index (χ0v) is 19.5. The van der Waals surface area contributed by atoms with Crippen LogP contribution in [0.3, 0.4) is 0 Å². The maximum atomic E-state index is 14.1. The van der Waals surface area contributed by atoms with Gasteiger partial charge in [0.05, 0.1) is 31.6 Å². The molecule has 2 aromatic carbocycles. The van der Waals surface area contributed by atoms with Crippen LogP contribution in [0.2, 0.25) is 0 Å². The van der Waals surface area contributed by atoms with E-state index in [1.54, 1.807) is 26.5 Å². The van der Waals surface area contributed by atoms with Gasteiger partial charge in [-0.15, -0.1) is 0 Å². The summed E-state index contributed by atoms with van der Waals surface area (Å²) in [4.78, 5) is 6.63. The lowest BCUT2D eigenvalue weighted by Gasteiger charge is -2.30. The lowest BCUT2D eigenvalue weighted by atomic mass is 10.0. The number of ether oxygens (including phenoxy) is 2. The van der Waals surface area contributed by atoms with Crippen LogP contribution in [-0.2, 0) is 0 Å². The molecule has 34 heavy (non-hydrogen) atoms. The Morgan fingerprint density at radius 2 is 1.85 bits per heavy atom. The molecule has 2 unspecified atom stereocenters. The molecule has 4 aromatic rings. The number of rotatable bonds is 6. The third kappa shape index (κ3) is 3.86. The minimum Gasteiger partial charge on any atom is -0.497 e. The van der Waals surface area contributed by atoms with Gasteiger partial charge in [0.2, 0.25) is 0 Å². The Hall–Kier alpha value is -3.91. The number of nitrogens with zero attached hydrogens (tertiary/aromatic N) is 3. The fraction of sp³-hybridized carbons (Fsp3) is 0.154. The first-order valence-corrected chi connectivity index (χ1v) is 11.2. The predicted octanol–water partition coefficient (Wildman–Crippen LogP) is 5.21. The van der Waals surface area contributed by atoms with Gasteiger partial charge in [0.1, 0.15) is 23.4 Å². The van der Waals surface area contributed by atoms with E-state index in [0.717, 1.165) is 22.8 Å². The summed E-state index contributed by atoms with van der Waals surface area (Å²) < 4.78 is 27.1. The number of pyridine rings is 1. The lowest BCUT2D eigenvalue weighted by molar-refractivity contribution is 0.394. The third-order valence-electron chi connectivity index (χ3n) is 5.91. The molecule has 2 atom stereocenters. The molecular formula is C26H23FN4O2S. The molecule has 0 aliphatic carbocycles. The molecule has 3 heterocycles. The molecule has 1 fully saturated rings. The number of hydrogen-bond donors (Lipinski definition) is 1. The van der Waals surface area contributed by atoms with E-state index < -0.39 is 0 Å². The molecule has 8 heteroatoms. The van der Waals surface area contributed by atoms with E-state index >= 15 is 0 Å². The van der Waals surface area contributed by atoms with Crippen molar-refractivity contribution in [2.75, 3.05) is 19.1 Å². The van der Waals surface area contributed by atoms with Gasteiger partial charge in [-0.05, 0) is 66.8 Å². The van der Waals surface area contributed by atoms with Crippen molar-refractivity contribution in [2.24, 2.45) is 0 Å². The largest absolute Gasteiger partial charge is 0.497 e. The lowest BCUT2D eigenvalue weighted by Crippen LogP contribution is -2.30. The zero-order valence-electron chi connectivity index (χ0n) is 18.7. The van der Waals surface area contributed by atoms with E-state index in [2.05, 4.69) is 10.3 Å². The van der Waals surface area contributed by atoms with Gasteiger partial charge in [0, 0.05) is 29.8 Å². The molecule has 1 N–H and O–H groups in total. The summed E-state index contributed by atoms with van der Waals surface area (Å²) in [5.41, 5.74) is 3.28. The molecular weight excluding hydrogens is 451 g/mol. The molecule has 5 rings (SSSR count). The molecule has 6 nitrogen and oxygen atoms in total. The summed E-state index contributed by atoms with van der Waals surface area (Å²) in [5, 5.41) is 3.99. The summed E-state index contributed by atoms with van der Waals surface area (Å²) >= 11 is 5.83. The zero-order chi connectivity index (χ0) is 23.7. The fourth-order valence-corrected chi connectivity index (χ4v) is 4.73. The van der Waals surface area contributed by atoms with Crippen molar-refractivity contribution in [3.8, 4) is 17.2 Å². The molecule has 0 bridgehead atoms. The molecule has 0 radical (unpaired) electrons. The van der Waals surface area contributed by atoms with Crippen molar-refractivity contribution < 1.29 is 13.9 Å². The number of methoxy groups -OCH3 is 2. The SMILES string of the molecule is COc1ccc(N2C(=S)NC(c3ccccn3)C2c2cccn2-c2cccc(F)c2)c(OC)c1.